The highest BCUT2D eigenvalue weighted by Crippen LogP contribution is 2.17. The molecule has 1 rings (SSSR count). The van der Waals surface area contributed by atoms with Crippen molar-refractivity contribution in [2.75, 3.05) is 6.61 Å². The Labute approximate surface area is 89.5 Å². The van der Waals surface area contributed by atoms with E-state index in [1.165, 1.54) is 13.8 Å². The number of carbonyl (C=O) groups excluding carboxylic acids is 1. The molecular weight excluding hydrogens is 225 g/mol. The maximum atomic E-state index is 11.9. The average molecular weight is 234 g/mol. The summed E-state index contributed by atoms with van der Waals surface area (Å²) in [6, 6.07) is 1.08. The zero-order valence-corrected chi connectivity index (χ0v) is 8.63. The first-order valence-electron chi connectivity index (χ1n) is 4.34. The number of halogens is 3. The maximum absolute atomic E-state index is 11.9. The molecule has 16 heavy (non-hydrogen) atoms. The normalized spacial score (nSPS) is 11.3. The van der Waals surface area contributed by atoms with Gasteiger partial charge in [0.2, 0.25) is 5.88 Å². The Morgan fingerprint density at radius 3 is 2.56 bits per heavy atom. The van der Waals surface area contributed by atoms with Gasteiger partial charge in [-0.25, -0.2) is 4.98 Å². The molecule has 0 unspecified atom stereocenters. The minimum absolute atomic E-state index is 0.0321. The molecule has 0 N–H and O–H groups in total. The molecule has 0 amide bonds. The molecule has 0 aliphatic carbocycles. The van der Waals surface area contributed by atoms with Crippen molar-refractivity contribution in [3.05, 3.63) is 17.6 Å². The number of nitrogens with zero attached hydrogens (tertiary/aromatic N) is 2. The van der Waals surface area contributed by atoms with Crippen LogP contribution in [-0.2, 0) is 0 Å². The number of rotatable bonds is 3. The minimum Gasteiger partial charge on any atom is -0.468 e. The van der Waals surface area contributed by atoms with Crippen molar-refractivity contribution < 1.29 is 22.7 Å². The first-order valence-corrected chi connectivity index (χ1v) is 4.34. The first-order chi connectivity index (χ1) is 7.28. The summed E-state index contributed by atoms with van der Waals surface area (Å²) >= 11 is 0. The molecule has 1 aromatic rings. The van der Waals surface area contributed by atoms with Gasteiger partial charge in [-0.15, -0.1) is 0 Å². The van der Waals surface area contributed by atoms with Crippen LogP contribution in [0.1, 0.15) is 23.2 Å². The summed E-state index contributed by atoms with van der Waals surface area (Å²) in [5, 5.41) is 0. The van der Waals surface area contributed by atoms with Gasteiger partial charge in [0.15, 0.2) is 12.4 Å². The number of hydrogen-bond donors (Lipinski definition) is 0. The molecule has 0 bridgehead atoms. The second-order valence-electron chi connectivity index (χ2n) is 3.10. The van der Waals surface area contributed by atoms with E-state index in [9.17, 15) is 18.0 Å². The van der Waals surface area contributed by atoms with Crippen molar-refractivity contribution in [2.45, 2.75) is 20.0 Å². The standard InChI is InChI=1S/C9H9F3N2O2/c1-5(15)7-3-8(14-6(2)13-7)16-4-9(10,11)12/h3H,4H2,1-2H3. The third kappa shape index (κ3) is 3.84. The SMILES string of the molecule is CC(=O)c1cc(OCC(F)(F)F)nc(C)n1. The van der Waals surface area contributed by atoms with Gasteiger partial charge in [0.25, 0.3) is 0 Å². The van der Waals surface area contributed by atoms with Crippen LogP contribution in [0, 0.1) is 6.92 Å². The summed E-state index contributed by atoms with van der Waals surface area (Å²) in [5.41, 5.74) is 0.0321. The van der Waals surface area contributed by atoms with Crippen LogP contribution in [-0.4, -0.2) is 28.5 Å². The number of ether oxygens (including phenoxy) is 1. The third-order valence-corrected chi connectivity index (χ3v) is 1.56. The number of Topliss-reactive ketones (excluding diaryl/α,β-unsaturated/α-hetero) is 1. The molecule has 0 saturated heterocycles. The van der Waals surface area contributed by atoms with E-state index in [-0.39, 0.29) is 23.2 Å². The number of ketones is 1. The molecule has 0 saturated carbocycles. The average Bonchev–Trinajstić information content (AvgIpc) is 2.13. The summed E-state index contributed by atoms with van der Waals surface area (Å²) in [5.74, 6) is -0.428. The Morgan fingerprint density at radius 2 is 2.06 bits per heavy atom. The number of hydrogen-bond acceptors (Lipinski definition) is 4. The molecule has 0 spiro atoms. The number of alkyl halides is 3. The molecule has 0 aromatic carbocycles. The topological polar surface area (TPSA) is 52.1 Å². The lowest BCUT2D eigenvalue weighted by atomic mass is 10.3. The quantitative estimate of drug-likeness (QED) is 0.750. The molecule has 0 radical (unpaired) electrons. The van der Waals surface area contributed by atoms with E-state index in [2.05, 4.69) is 14.7 Å². The maximum Gasteiger partial charge on any atom is 0.422 e. The van der Waals surface area contributed by atoms with Crippen molar-refractivity contribution in [2.24, 2.45) is 0 Å². The predicted molar refractivity (Wildman–Crippen MR) is 48.3 cm³/mol. The lowest BCUT2D eigenvalue weighted by Gasteiger charge is -2.09. The Balaban J connectivity index is 2.85. The summed E-state index contributed by atoms with van der Waals surface area (Å²) in [4.78, 5) is 18.4. The van der Waals surface area contributed by atoms with Crippen molar-refractivity contribution >= 4 is 5.78 Å². The Morgan fingerprint density at radius 1 is 1.44 bits per heavy atom. The van der Waals surface area contributed by atoms with Crippen LogP contribution in [0.2, 0.25) is 0 Å². The van der Waals surface area contributed by atoms with Crippen LogP contribution in [0.5, 0.6) is 5.88 Å². The van der Waals surface area contributed by atoms with Gasteiger partial charge in [-0.1, -0.05) is 0 Å². The van der Waals surface area contributed by atoms with Gasteiger partial charge >= 0.3 is 6.18 Å². The van der Waals surface area contributed by atoms with Crippen molar-refractivity contribution in [3.8, 4) is 5.88 Å². The summed E-state index contributed by atoms with van der Waals surface area (Å²) < 4.78 is 40.0. The minimum atomic E-state index is -4.44. The zero-order valence-electron chi connectivity index (χ0n) is 8.63. The monoisotopic (exact) mass is 234 g/mol. The van der Waals surface area contributed by atoms with E-state index in [0.29, 0.717) is 0 Å². The number of aromatic nitrogens is 2. The second kappa shape index (κ2) is 4.46. The van der Waals surface area contributed by atoms with Crippen LogP contribution < -0.4 is 4.74 Å². The third-order valence-electron chi connectivity index (χ3n) is 1.56. The number of aryl methyl sites for hydroxylation is 1. The fourth-order valence-electron chi connectivity index (χ4n) is 0.950. The molecule has 4 nitrogen and oxygen atoms in total. The van der Waals surface area contributed by atoms with E-state index < -0.39 is 12.8 Å². The van der Waals surface area contributed by atoms with Gasteiger partial charge < -0.3 is 4.74 Å². The Bertz CT molecular complexity index is 404. The smallest absolute Gasteiger partial charge is 0.422 e. The Hall–Kier alpha value is -1.66. The molecular formula is C9H9F3N2O2. The lowest BCUT2D eigenvalue weighted by molar-refractivity contribution is -0.154. The molecule has 1 aromatic heterocycles. The summed E-state index contributed by atoms with van der Waals surface area (Å²) in [7, 11) is 0. The Kier molecular flexibility index (Phi) is 3.46. The molecule has 0 aliphatic heterocycles. The molecule has 88 valence electrons. The van der Waals surface area contributed by atoms with Gasteiger partial charge in [0.05, 0.1) is 0 Å². The number of carbonyl (C=O) groups is 1. The largest absolute Gasteiger partial charge is 0.468 e. The van der Waals surface area contributed by atoms with E-state index in [1.54, 1.807) is 0 Å². The summed E-state index contributed by atoms with van der Waals surface area (Å²) in [6.07, 6.45) is -4.44. The molecule has 0 fully saturated rings. The van der Waals surface area contributed by atoms with Gasteiger partial charge in [0.1, 0.15) is 11.5 Å². The van der Waals surface area contributed by atoms with E-state index in [4.69, 9.17) is 0 Å². The lowest BCUT2D eigenvalue weighted by Crippen LogP contribution is -2.20. The van der Waals surface area contributed by atoms with Crippen molar-refractivity contribution in [1.29, 1.82) is 0 Å². The van der Waals surface area contributed by atoms with E-state index >= 15 is 0 Å². The molecule has 0 aliphatic rings. The second-order valence-corrected chi connectivity index (χ2v) is 3.10. The van der Waals surface area contributed by atoms with Gasteiger partial charge in [0, 0.05) is 13.0 Å². The highest BCUT2D eigenvalue weighted by molar-refractivity contribution is 5.92. The van der Waals surface area contributed by atoms with Crippen LogP contribution >= 0.6 is 0 Å². The van der Waals surface area contributed by atoms with Crippen LogP contribution in [0.15, 0.2) is 6.07 Å². The summed E-state index contributed by atoms with van der Waals surface area (Å²) in [6.45, 7) is 1.28. The van der Waals surface area contributed by atoms with Gasteiger partial charge in [-0.05, 0) is 6.92 Å². The van der Waals surface area contributed by atoms with Gasteiger partial charge in [-0.2, -0.15) is 18.2 Å². The highest BCUT2D eigenvalue weighted by Gasteiger charge is 2.28. The van der Waals surface area contributed by atoms with Crippen LogP contribution in [0.4, 0.5) is 13.2 Å². The van der Waals surface area contributed by atoms with E-state index in [0.717, 1.165) is 6.07 Å². The van der Waals surface area contributed by atoms with Crippen LogP contribution in [0.3, 0.4) is 0 Å². The zero-order chi connectivity index (χ0) is 12.3. The fourth-order valence-corrected chi connectivity index (χ4v) is 0.950. The fraction of sp³-hybridized carbons (Fsp3) is 0.444. The van der Waals surface area contributed by atoms with E-state index in [1.807, 2.05) is 0 Å². The van der Waals surface area contributed by atoms with Crippen molar-refractivity contribution in [1.82, 2.24) is 9.97 Å². The van der Waals surface area contributed by atoms with Gasteiger partial charge in [-0.3, -0.25) is 4.79 Å². The predicted octanol–water partition coefficient (Wildman–Crippen LogP) is 1.93. The molecule has 1 heterocycles. The van der Waals surface area contributed by atoms with Crippen molar-refractivity contribution in [3.63, 3.8) is 0 Å². The first kappa shape index (κ1) is 12.4. The molecule has 7 heteroatoms. The highest BCUT2D eigenvalue weighted by atomic mass is 19.4. The molecule has 0 atom stereocenters. The van der Waals surface area contributed by atoms with Crippen LogP contribution in [0.25, 0.3) is 0 Å².